The topological polar surface area (TPSA) is 32.8 Å². The molecular weight excluding hydrogens is 367 g/mol. The van der Waals surface area contributed by atoms with E-state index in [9.17, 15) is 9.18 Å². The maximum atomic E-state index is 13.1. The molecule has 1 heterocycles. The first-order valence-corrected chi connectivity index (χ1v) is 9.48. The number of nitrogens with zero attached hydrogens (tertiary/aromatic N) is 2. The van der Waals surface area contributed by atoms with Gasteiger partial charge in [0.15, 0.2) is 6.61 Å². The van der Waals surface area contributed by atoms with E-state index in [0.717, 1.165) is 18.7 Å². The predicted octanol–water partition coefficient (Wildman–Crippen LogP) is 3.98. The molecule has 0 bridgehead atoms. The van der Waals surface area contributed by atoms with Gasteiger partial charge in [-0.15, -0.1) is 0 Å². The Morgan fingerprint density at radius 2 is 1.74 bits per heavy atom. The molecule has 0 aliphatic carbocycles. The summed E-state index contributed by atoms with van der Waals surface area (Å²) in [6, 6.07) is 13.8. The number of benzene rings is 2. The minimum absolute atomic E-state index is 0.0106. The van der Waals surface area contributed by atoms with Crippen molar-refractivity contribution in [3.8, 4) is 5.75 Å². The largest absolute Gasteiger partial charge is 0.484 e. The van der Waals surface area contributed by atoms with E-state index in [1.165, 1.54) is 12.1 Å². The molecule has 6 heteroatoms. The Bertz CT molecular complexity index is 767. The van der Waals surface area contributed by atoms with Crippen molar-refractivity contribution in [1.29, 1.82) is 0 Å². The standard InChI is InChI=1S/C21H24ClFN2O2/c1-15-16(2)25(21(26)14-27-20-9-5-18(22)6-10-20)12-11-24(15)13-17-3-7-19(23)8-4-17/h3-10,15-16H,11-14H2,1-2H3/t15?,16-/m0/s1. The van der Waals surface area contributed by atoms with Crippen molar-refractivity contribution in [2.24, 2.45) is 0 Å². The number of carbonyl (C=O) groups is 1. The highest BCUT2D eigenvalue weighted by Crippen LogP contribution is 2.21. The highest BCUT2D eigenvalue weighted by molar-refractivity contribution is 6.30. The number of hydrogen-bond donors (Lipinski definition) is 0. The number of halogens is 2. The lowest BCUT2D eigenvalue weighted by molar-refractivity contribution is -0.139. The van der Waals surface area contributed by atoms with Gasteiger partial charge in [0.2, 0.25) is 0 Å². The Kier molecular flexibility index (Phi) is 6.34. The van der Waals surface area contributed by atoms with Crippen molar-refractivity contribution in [2.75, 3.05) is 19.7 Å². The second-order valence-corrected chi connectivity index (χ2v) is 7.34. The summed E-state index contributed by atoms with van der Waals surface area (Å²) in [5.41, 5.74) is 1.07. The fraction of sp³-hybridized carbons (Fsp3) is 0.381. The van der Waals surface area contributed by atoms with Gasteiger partial charge in [-0.2, -0.15) is 0 Å². The highest BCUT2D eigenvalue weighted by atomic mass is 35.5. The molecule has 2 aromatic rings. The molecule has 0 N–H and O–H groups in total. The van der Waals surface area contributed by atoms with Gasteiger partial charge in [0.1, 0.15) is 11.6 Å². The van der Waals surface area contributed by atoms with E-state index in [1.54, 1.807) is 24.3 Å². The lowest BCUT2D eigenvalue weighted by Crippen LogP contribution is -2.59. The van der Waals surface area contributed by atoms with Crippen molar-refractivity contribution in [3.05, 3.63) is 64.9 Å². The van der Waals surface area contributed by atoms with Gasteiger partial charge in [0.25, 0.3) is 5.91 Å². The molecule has 1 saturated heterocycles. The van der Waals surface area contributed by atoms with Crippen molar-refractivity contribution in [2.45, 2.75) is 32.5 Å². The van der Waals surface area contributed by atoms with Gasteiger partial charge in [-0.1, -0.05) is 23.7 Å². The fourth-order valence-corrected chi connectivity index (χ4v) is 3.49. The van der Waals surface area contributed by atoms with Crippen LogP contribution in [0.1, 0.15) is 19.4 Å². The van der Waals surface area contributed by atoms with E-state index in [1.807, 2.05) is 17.0 Å². The first-order chi connectivity index (χ1) is 12.9. The number of piperazine rings is 1. The molecule has 1 aliphatic rings. The Labute approximate surface area is 164 Å². The summed E-state index contributed by atoms with van der Waals surface area (Å²) in [5.74, 6) is 0.380. The molecule has 144 valence electrons. The van der Waals surface area contributed by atoms with Crippen LogP contribution >= 0.6 is 11.6 Å². The maximum Gasteiger partial charge on any atom is 0.260 e. The van der Waals surface area contributed by atoms with E-state index in [0.29, 0.717) is 17.3 Å². The van der Waals surface area contributed by atoms with Crippen LogP contribution in [-0.2, 0) is 11.3 Å². The molecule has 4 nitrogen and oxygen atoms in total. The third-order valence-corrected chi connectivity index (χ3v) is 5.44. The van der Waals surface area contributed by atoms with Crippen LogP contribution in [0.4, 0.5) is 4.39 Å². The highest BCUT2D eigenvalue weighted by Gasteiger charge is 2.33. The van der Waals surface area contributed by atoms with Gasteiger partial charge in [-0.3, -0.25) is 9.69 Å². The Morgan fingerprint density at radius 1 is 1.07 bits per heavy atom. The predicted molar refractivity (Wildman–Crippen MR) is 104 cm³/mol. The molecule has 1 amide bonds. The molecule has 0 aromatic heterocycles. The molecule has 1 unspecified atom stereocenters. The van der Waals surface area contributed by atoms with Crippen LogP contribution < -0.4 is 4.74 Å². The molecule has 0 radical (unpaired) electrons. The summed E-state index contributed by atoms with van der Waals surface area (Å²) >= 11 is 5.86. The van der Waals surface area contributed by atoms with Gasteiger partial charge >= 0.3 is 0 Å². The third kappa shape index (κ3) is 4.99. The summed E-state index contributed by atoms with van der Waals surface area (Å²) in [4.78, 5) is 16.8. The zero-order chi connectivity index (χ0) is 19.4. The number of rotatable bonds is 5. The third-order valence-electron chi connectivity index (χ3n) is 5.19. The summed E-state index contributed by atoms with van der Waals surface area (Å²) in [7, 11) is 0. The van der Waals surface area contributed by atoms with Crippen molar-refractivity contribution >= 4 is 17.5 Å². The summed E-state index contributed by atoms with van der Waals surface area (Å²) in [5, 5.41) is 0.633. The quantitative estimate of drug-likeness (QED) is 0.774. The van der Waals surface area contributed by atoms with Crippen LogP contribution in [0.3, 0.4) is 0 Å². The Hall–Kier alpha value is -2.11. The molecule has 3 rings (SSSR count). The van der Waals surface area contributed by atoms with Crippen LogP contribution in [-0.4, -0.2) is 47.5 Å². The lowest BCUT2D eigenvalue weighted by Gasteiger charge is -2.45. The number of hydrogen-bond acceptors (Lipinski definition) is 3. The molecule has 2 atom stereocenters. The fourth-order valence-electron chi connectivity index (χ4n) is 3.37. The number of carbonyl (C=O) groups excluding carboxylic acids is 1. The van der Waals surface area contributed by atoms with E-state index >= 15 is 0 Å². The molecule has 27 heavy (non-hydrogen) atoms. The summed E-state index contributed by atoms with van der Waals surface area (Å²) in [6.45, 7) is 6.35. The second kappa shape index (κ2) is 8.72. The van der Waals surface area contributed by atoms with E-state index in [4.69, 9.17) is 16.3 Å². The number of amides is 1. The maximum absolute atomic E-state index is 13.1. The monoisotopic (exact) mass is 390 g/mol. The normalized spacial score (nSPS) is 20.5. The SMILES string of the molecule is CC1[C@H](C)N(C(=O)COc2ccc(Cl)cc2)CCN1Cc1ccc(F)cc1. The Balaban J connectivity index is 1.55. The van der Waals surface area contributed by atoms with Crippen molar-refractivity contribution in [1.82, 2.24) is 9.80 Å². The smallest absolute Gasteiger partial charge is 0.260 e. The van der Waals surface area contributed by atoms with Gasteiger partial charge < -0.3 is 9.64 Å². The van der Waals surface area contributed by atoms with Crippen LogP contribution in [0.5, 0.6) is 5.75 Å². The second-order valence-electron chi connectivity index (χ2n) is 6.91. The molecule has 0 saturated carbocycles. The van der Waals surface area contributed by atoms with Crippen LogP contribution in [0, 0.1) is 5.82 Å². The Morgan fingerprint density at radius 3 is 2.41 bits per heavy atom. The number of ether oxygens (including phenoxy) is 1. The first-order valence-electron chi connectivity index (χ1n) is 9.10. The van der Waals surface area contributed by atoms with Gasteiger partial charge in [0.05, 0.1) is 0 Å². The van der Waals surface area contributed by atoms with Crippen LogP contribution in [0.15, 0.2) is 48.5 Å². The van der Waals surface area contributed by atoms with E-state index < -0.39 is 0 Å². The zero-order valence-electron chi connectivity index (χ0n) is 15.6. The minimum atomic E-state index is -0.226. The molecule has 2 aromatic carbocycles. The first kappa shape index (κ1) is 19.6. The van der Waals surface area contributed by atoms with E-state index in [-0.39, 0.29) is 30.4 Å². The van der Waals surface area contributed by atoms with Crippen LogP contribution in [0.2, 0.25) is 5.02 Å². The van der Waals surface area contributed by atoms with Gasteiger partial charge in [0, 0.05) is 36.7 Å². The zero-order valence-corrected chi connectivity index (χ0v) is 16.3. The minimum Gasteiger partial charge on any atom is -0.484 e. The van der Waals surface area contributed by atoms with Crippen LogP contribution in [0.25, 0.3) is 0 Å². The summed E-state index contributed by atoms with van der Waals surface area (Å²) in [6.07, 6.45) is 0. The molecule has 1 aliphatic heterocycles. The molecular formula is C21H24ClFN2O2. The van der Waals surface area contributed by atoms with Gasteiger partial charge in [-0.25, -0.2) is 4.39 Å². The van der Waals surface area contributed by atoms with Crippen molar-refractivity contribution < 1.29 is 13.9 Å². The summed E-state index contributed by atoms with van der Waals surface area (Å²) < 4.78 is 18.7. The molecule has 0 spiro atoms. The lowest BCUT2D eigenvalue weighted by atomic mass is 10.0. The van der Waals surface area contributed by atoms with Gasteiger partial charge in [-0.05, 0) is 55.8 Å². The van der Waals surface area contributed by atoms with E-state index in [2.05, 4.69) is 18.7 Å². The average Bonchev–Trinajstić information content (AvgIpc) is 2.66. The van der Waals surface area contributed by atoms with Crippen molar-refractivity contribution in [3.63, 3.8) is 0 Å². The average molecular weight is 391 g/mol. The molecule has 1 fully saturated rings.